The SMILES string of the molecule is CCNC(=O)[C@@H](Cc1ccccc1)N(Cc1ccc(Cl)cc1)C(=O)CN(c1cc(Cl)ccc1Cl)S(=O)(=O)c1ccccc1. The minimum absolute atomic E-state index is 0.0210. The van der Waals surface area contributed by atoms with Crippen LogP contribution in [-0.2, 0) is 32.6 Å². The zero-order valence-corrected chi connectivity index (χ0v) is 26.4. The lowest BCUT2D eigenvalue weighted by molar-refractivity contribution is -0.140. The van der Waals surface area contributed by atoms with Crippen molar-refractivity contribution in [2.75, 3.05) is 17.4 Å². The van der Waals surface area contributed by atoms with Crippen molar-refractivity contribution in [3.05, 3.63) is 129 Å². The van der Waals surface area contributed by atoms with Gasteiger partial charge in [0.2, 0.25) is 11.8 Å². The predicted octanol–water partition coefficient (Wildman–Crippen LogP) is 6.62. The summed E-state index contributed by atoms with van der Waals surface area (Å²) in [7, 11) is -4.29. The summed E-state index contributed by atoms with van der Waals surface area (Å²) in [5.41, 5.74) is 1.58. The molecule has 4 aromatic carbocycles. The van der Waals surface area contributed by atoms with Gasteiger partial charge < -0.3 is 10.2 Å². The number of carbonyl (C=O) groups excluding carboxylic acids is 2. The molecule has 1 atom stereocenters. The van der Waals surface area contributed by atoms with Crippen LogP contribution in [0.4, 0.5) is 5.69 Å². The molecule has 0 radical (unpaired) electrons. The molecule has 0 saturated heterocycles. The van der Waals surface area contributed by atoms with Crippen molar-refractivity contribution in [3.63, 3.8) is 0 Å². The van der Waals surface area contributed by atoms with Crippen LogP contribution in [0.1, 0.15) is 18.1 Å². The second-order valence-electron chi connectivity index (χ2n) is 9.67. The van der Waals surface area contributed by atoms with Crippen LogP contribution in [0.25, 0.3) is 0 Å². The lowest BCUT2D eigenvalue weighted by atomic mass is 10.0. The Morgan fingerprint density at radius 1 is 0.791 bits per heavy atom. The fourth-order valence-corrected chi connectivity index (χ4v) is 6.55. The van der Waals surface area contributed by atoms with Crippen molar-refractivity contribution in [1.29, 1.82) is 0 Å². The molecule has 0 spiro atoms. The van der Waals surface area contributed by atoms with E-state index in [9.17, 15) is 18.0 Å². The Bertz CT molecular complexity index is 1650. The third-order valence-corrected chi connectivity index (χ3v) is 9.26. The standard InChI is InChI=1S/C32H30Cl3N3O4S/c1-2-36-32(40)30(19-23-9-5-3-6-10-23)37(21-24-13-15-25(33)16-14-24)31(39)22-38(29-20-26(34)17-18-28(29)35)43(41,42)27-11-7-4-8-12-27/h3-18,20,30H,2,19,21-22H2,1H3,(H,36,40)/t30-/m1/s1. The molecule has 0 aromatic heterocycles. The predicted molar refractivity (Wildman–Crippen MR) is 172 cm³/mol. The highest BCUT2D eigenvalue weighted by Crippen LogP contribution is 2.33. The topological polar surface area (TPSA) is 86.8 Å². The van der Waals surface area contributed by atoms with Gasteiger partial charge in [-0.2, -0.15) is 0 Å². The highest BCUT2D eigenvalue weighted by molar-refractivity contribution is 7.92. The lowest BCUT2D eigenvalue weighted by Crippen LogP contribution is -2.53. The van der Waals surface area contributed by atoms with Crippen LogP contribution in [0.15, 0.2) is 108 Å². The van der Waals surface area contributed by atoms with Gasteiger partial charge >= 0.3 is 0 Å². The molecule has 0 aliphatic heterocycles. The third kappa shape index (κ3) is 8.30. The van der Waals surface area contributed by atoms with Gasteiger partial charge in [0.15, 0.2) is 0 Å². The minimum atomic E-state index is -4.29. The van der Waals surface area contributed by atoms with Gasteiger partial charge in [-0.25, -0.2) is 8.42 Å². The highest BCUT2D eigenvalue weighted by atomic mass is 35.5. The molecule has 4 rings (SSSR count). The molecule has 0 fully saturated rings. The molecule has 0 unspecified atom stereocenters. The summed E-state index contributed by atoms with van der Waals surface area (Å²) in [4.78, 5) is 29.2. The Balaban J connectivity index is 1.81. The molecule has 0 heterocycles. The molecule has 1 N–H and O–H groups in total. The Morgan fingerprint density at radius 3 is 2.02 bits per heavy atom. The van der Waals surface area contributed by atoms with Crippen LogP contribution >= 0.6 is 34.8 Å². The molecule has 2 amide bonds. The second-order valence-corrected chi connectivity index (χ2v) is 12.8. The van der Waals surface area contributed by atoms with Crippen molar-refractivity contribution < 1.29 is 18.0 Å². The number of hydrogen-bond donors (Lipinski definition) is 1. The van der Waals surface area contributed by atoms with Gasteiger partial charge in [0.25, 0.3) is 10.0 Å². The molecule has 11 heteroatoms. The lowest BCUT2D eigenvalue weighted by Gasteiger charge is -2.34. The molecule has 224 valence electrons. The fraction of sp³-hybridized carbons (Fsp3) is 0.188. The van der Waals surface area contributed by atoms with Gasteiger partial charge in [-0.1, -0.05) is 95.5 Å². The number of likely N-dealkylation sites (N-methyl/N-ethyl adjacent to an activating group) is 1. The summed E-state index contributed by atoms with van der Waals surface area (Å²) >= 11 is 18.8. The average molecular weight is 659 g/mol. The quantitative estimate of drug-likeness (QED) is 0.185. The summed E-state index contributed by atoms with van der Waals surface area (Å²) in [5, 5.41) is 3.67. The number of benzene rings is 4. The first-order valence-electron chi connectivity index (χ1n) is 13.5. The maximum atomic E-state index is 14.4. The first kappa shape index (κ1) is 32.4. The van der Waals surface area contributed by atoms with Crippen molar-refractivity contribution in [1.82, 2.24) is 10.2 Å². The molecule has 0 saturated carbocycles. The monoisotopic (exact) mass is 657 g/mol. The van der Waals surface area contributed by atoms with Gasteiger partial charge in [-0.3, -0.25) is 13.9 Å². The summed E-state index contributed by atoms with van der Waals surface area (Å²) in [5.74, 6) is -0.982. The van der Waals surface area contributed by atoms with Crippen LogP contribution in [0.3, 0.4) is 0 Å². The molecule has 43 heavy (non-hydrogen) atoms. The highest BCUT2D eigenvalue weighted by Gasteiger charge is 2.35. The number of halogens is 3. The van der Waals surface area contributed by atoms with Gasteiger partial charge in [-0.05, 0) is 60.5 Å². The van der Waals surface area contributed by atoms with E-state index in [4.69, 9.17) is 34.8 Å². The number of nitrogens with zero attached hydrogens (tertiary/aromatic N) is 2. The van der Waals surface area contributed by atoms with E-state index in [0.29, 0.717) is 17.1 Å². The molecular weight excluding hydrogens is 629 g/mol. The average Bonchev–Trinajstić information content (AvgIpc) is 3.01. The van der Waals surface area contributed by atoms with Crippen LogP contribution < -0.4 is 9.62 Å². The van der Waals surface area contributed by atoms with E-state index in [1.54, 1.807) is 49.4 Å². The number of hydrogen-bond acceptors (Lipinski definition) is 4. The smallest absolute Gasteiger partial charge is 0.264 e. The van der Waals surface area contributed by atoms with E-state index < -0.39 is 28.5 Å². The van der Waals surface area contributed by atoms with Gasteiger partial charge in [-0.15, -0.1) is 0 Å². The van der Waals surface area contributed by atoms with Gasteiger partial charge in [0.1, 0.15) is 12.6 Å². The Labute approximate surface area is 267 Å². The summed E-state index contributed by atoms with van der Waals surface area (Å²) in [6.07, 6.45) is 0.204. The largest absolute Gasteiger partial charge is 0.355 e. The zero-order valence-electron chi connectivity index (χ0n) is 23.3. The molecule has 0 aliphatic rings. The third-order valence-electron chi connectivity index (χ3n) is 6.68. The maximum Gasteiger partial charge on any atom is 0.264 e. The van der Waals surface area contributed by atoms with Crippen molar-refractivity contribution in [3.8, 4) is 0 Å². The number of carbonyl (C=O) groups is 2. The van der Waals surface area contributed by atoms with E-state index >= 15 is 0 Å². The molecule has 7 nitrogen and oxygen atoms in total. The summed E-state index contributed by atoms with van der Waals surface area (Å²) in [6.45, 7) is 1.51. The van der Waals surface area contributed by atoms with Crippen molar-refractivity contribution in [2.45, 2.75) is 30.8 Å². The zero-order chi connectivity index (χ0) is 31.0. The maximum absolute atomic E-state index is 14.4. The van der Waals surface area contributed by atoms with Gasteiger partial charge in [0.05, 0.1) is 15.6 Å². The molecular formula is C32H30Cl3N3O4S. The number of anilines is 1. The first-order valence-corrected chi connectivity index (χ1v) is 16.1. The van der Waals surface area contributed by atoms with E-state index in [2.05, 4.69) is 5.32 Å². The van der Waals surface area contributed by atoms with Gasteiger partial charge in [0, 0.05) is 29.6 Å². The number of amides is 2. The minimum Gasteiger partial charge on any atom is -0.355 e. The Kier molecular flexibility index (Phi) is 11.1. The van der Waals surface area contributed by atoms with E-state index in [-0.39, 0.29) is 39.5 Å². The molecule has 4 aromatic rings. The van der Waals surface area contributed by atoms with Crippen LogP contribution in [0.2, 0.25) is 15.1 Å². The van der Waals surface area contributed by atoms with E-state index in [0.717, 1.165) is 9.87 Å². The van der Waals surface area contributed by atoms with Crippen molar-refractivity contribution in [2.24, 2.45) is 0 Å². The van der Waals surface area contributed by atoms with Crippen LogP contribution in [-0.4, -0.2) is 44.3 Å². The molecule has 0 bridgehead atoms. The summed E-state index contributed by atoms with van der Waals surface area (Å²) < 4.78 is 28.9. The first-order chi connectivity index (χ1) is 20.6. The fourth-order valence-electron chi connectivity index (χ4n) is 4.54. The van der Waals surface area contributed by atoms with Crippen LogP contribution in [0, 0.1) is 0 Å². The Morgan fingerprint density at radius 2 is 1.40 bits per heavy atom. The normalized spacial score (nSPS) is 11.9. The second kappa shape index (κ2) is 14.8. The number of rotatable bonds is 12. The Hall–Kier alpha value is -3.56. The van der Waals surface area contributed by atoms with Crippen molar-refractivity contribution >= 4 is 62.3 Å². The number of sulfonamides is 1. The number of nitrogens with one attached hydrogen (secondary N) is 1. The van der Waals surface area contributed by atoms with E-state index in [1.807, 2.05) is 30.3 Å². The molecule has 0 aliphatic carbocycles. The summed E-state index contributed by atoms with van der Waals surface area (Å²) in [6, 6.07) is 27.4. The van der Waals surface area contributed by atoms with Crippen LogP contribution in [0.5, 0.6) is 0 Å². The van der Waals surface area contributed by atoms with E-state index in [1.165, 1.54) is 35.2 Å².